The highest BCUT2D eigenvalue weighted by molar-refractivity contribution is 7.86. The standard InChI is InChI=1S/C17H25N5O2S/c23-25(24,21-5-1-2-6-21)22-10-14-8-20(9-15(14)11-22)17-7-16(13-3-4-13)18-12-19-17/h7,12-15H,1-6,8-11H2. The van der Waals surface area contributed by atoms with Crippen molar-refractivity contribution in [1.29, 1.82) is 0 Å². The van der Waals surface area contributed by atoms with Gasteiger partial charge in [-0.15, -0.1) is 0 Å². The van der Waals surface area contributed by atoms with Gasteiger partial charge in [0, 0.05) is 56.9 Å². The Kier molecular flexibility index (Phi) is 3.76. The molecule has 4 aliphatic rings. The second-order valence-corrected chi connectivity index (χ2v) is 9.86. The topological polar surface area (TPSA) is 69.6 Å². The fraction of sp³-hybridized carbons (Fsp3) is 0.765. The molecule has 0 N–H and O–H groups in total. The Balaban J connectivity index is 1.27. The minimum Gasteiger partial charge on any atom is -0.356 e. The van der Waals surface area contributed by atoms with Crippen LogP contribution in [-0.2, 0) is 10.2 Å². The quantitative estimate of drug-likeness (QED) is 0.800. The van der Waals surface area contributed by atoms with Crippen molar-refractivity contribution in [2.75, 3.05) is 44.2 Å². The smallest absolute Gasteiger partial charge is 0.281 e. The van der Waals surface area contributed by atoms with E-state index >= 15 is 0 Å². The molecular weight excluding hydrogens is 338 g/mol. The molecule has 3 saturated heterocycles. The second kappa shape index (κ2) is 5.89. The van der Waals surface area contributed by atoms with Gasteiger partial charge in [-0.1, -0.05) is 0 Å². The number of aromatic nitrogens is 2. The highest BCUT2D eigenvalue weighted by Crippen LogP contribution is 2.40. The fourth-order valence-corrected chi connectivity index (χ4v) is 6.35. The third kappa shape index (κ3) is 2.84. The third-order valence-corrected chi connectivity index (χ3v) is 8.13. The van der Waals surface area contributed by atoms with Gasteiger partial charge in [0.05, 0.1) is 0 Å². The first-order valence-electron chi connectivity index (χ1n) is 9.43. The number of hydrogen-bond donors (Lipinski definition) is 0. The van der Waals surface area contributed by atoms with Gasteiger partial charge in [-0.3, -0.25) is 0 Å². The van der Waals surface area contributed by atoms with Gasteiger partial charge >= 0.3 is 0 Å². The van der Waals surface area contributed by atoms with Crippen LogP contribution in [0.15, 0.2) is 12.4 Å². The first-order valence-corrected chi connectivity index (χ1v) is 10.8. The van der Waals surface area contributed by atoms with Crippen molar-refractivity contribution in [3.63, 3.8) is 0 Å². The molecule has 136 valence electrons. The Morgan fingerprint density at radius 2 is 1.60 bits per heavy atom. The second-order valence-electron chi connectivity index (χ2n) is 7.93. The average Bonchev–Trinajstić information content (AvgIpc) is 3.00. The third-order valence-electron chi connectivity index (χ3n) is 6.16. The molecule has 5 rings (SSSR count). The Labute approximate surface area is 149 Å². The number of fused-ring (bicyclic) bond motifs is 1. The van der Waals surface area contributed by atoms with Crippen molar-refractivity contribution in [3.8, 4) is 0 Å². The van der Waals surface area contributed by atoms with E-state index in [0.717, 1.165) is 31.7 Å². The molecule has 1 saturated carbocycles. The number of nitrogens with zero attached hydrogens (tertiary/aromatic N) is 5. The van der Waals surface area contributed by atoms with E-state index in [4.69, 9.17) is 0 Å². The van der Waals surface area contributed by atoms with Crippen molar-refractivity contribution in [3.05, 3.63) is 18.1 Å². The lowest BCUT2D eigenvalue weighted by Crippen LogP contribution is -2.42. The Hall–Kier alpha value is -1.25. The maximum absolute atomic E-state index is 12.8. The fourth-order valence-electron chi connectivity index (χ4n) is 4.54. The zero-order valence-electron chi connectivity index (χ0n) is 14.4. The van der Waals surface area contributed by atoms with E-state index in [0.29, 0.717) is 43.9 Å². The van der Waals surface area contributed by atoms with Crippen molar-refractivity contribution in [2.45, 2.75) is 31.6 Å². The van der Waals surface area contributed by atoms with Gasteiger partial charge in [0.1, 0.15) is 12.1 Å². The molecule has 0 bridgehead atoms. The number of rotatable bonds is 4. The van der Waals surface area contributed by atoms with Gasteiger partial charge in [0.15, 0.2) is 0 Å². The maximum Gasteiger partial charge on any atom is 0.281 e. The normalized spacial score (nSPS) is 31.0. The first-order chi connectivity index (χ1) is 12.1. The molecular formula is C17H25N5O2S. The van der Waals surface area contributed by atoms with Crippen molar-refractivity contribution in [2.24, 2.45) is 11.8 Å². The Morgan fingerprint density at radius 3 is 2.24 bits per heavy atom. The molecule has 7 nitrogen and oxygen atoms in total. The minimum atomic E-state index is -3.25. The SMILES string of the molecule is O=S(=O)(N1CCCC1)N1CC2CN(c3cc(C4CC4)ncn3)CC2C1. The summed E-state index contributed by atoms with van der Waals surface area (Å²) in [4.78, 5) is 11.2. The zero-order valence-corrected chi connectivity index (χ0v) is 15.2. The summed E-state index contributed by atoms with van der Waals surface area (Å²) in [6.45, 7) is 4.48. The summed E-state index contributed by atoms with van der Waals surface area (Å²) in [7, 11) is -3.25. The predicted molar refractivity (Wildman–Crippen MR) is 94.5 cm³/mol. The molecule has 3 aliphatic heterocycles. The first kappa shape index (κ1) is 16.0. The van der Waals surface area contributed by atoms with E-state index in [2.05, 4.69) is 20.9 Å². The number of hydrogen-bond acceptors (Lipinski definition) is 5. The van der Waals surface area contributed by atoms with Crippen molar-refractivity contribution >= 4 is 16.0 Å². The van der Waals surface area contributed by atoms with Crippen LogP contribution < -0.4 is 4.90 Å². The van der Waals surface area contributed by atoms with E-state index in [9.17, 15) is 8.42 Å². The molecule has 1 aliphatic carbocycles. The van der Waals surface area contributed by atoms with Crippen molar-refractivity contribution in [1.82, 2.24) is 18.6 Å². The monoisotopic (exact) mass is 363 g/mol. The summed E-state index contributed by atoms with van der Waals surface area (Å²) in [5, 5.41) is 0. The van der Waals surface area contributed by atoms with E-state index in [1.807, 2.05) is 0 Å². The maximum atomic E-state index is 12.8. The molecule has 0 aromatic carbocycles. The van der Waals surface area contributed by atoms with E-state index < -0.39 is 10.2 Å². The molecule has 8 heteroatoms. The van der Waals surface area contributed by atoms with Crippen LogP contribution >= 0.6 is 0 Å². The highest BCUT2D eigenvalue weighted by Gasteiger charge is 2.46. The van der Waals surface area contributed by atoms with Gasteiger partial charge < -0.3 is 4.90 Å². The van der Waals surface area contributed by atoms with Crippen LogP contribution in [0.3, 0.4) is 0 Å². The van der Waals surface area contributed by atoms with E-state index in [-0.39, 0.29) is 0 Å². The lowest BCUT2D eigenvalue weighted by atomic mass is 10.0. The van der Waals surface area contributed by atoms with Gasteiger partial charge in [-0.25, -0.2) is 9.97 Å². The van der Waals surface area contributed by atoms with Crippen LogP contribution in [0.1, 0.15) is 37.3 Å². The van der Waals surface area contributed by atoms with Crippen LogP contribution in [0, 0.1) is 11.8 Å². The molecule has 1 aromatic heterocycles. The van der Waals surface area contributed by atoms with Crippen LogP contribution in [0.4, 0.5) is 5.82 Å². The zero-order chi connectivity index (χ0) is 17.0. The lowest BCUT2D eigenvalue weighted by molar-refractivity contribution is 0.385. The molecule has 0 amide bonds. The van der Waals surface area contributed by atoms with Gasteiger partial charge in [0.2, 0.25) is 0 Å². The van der Waals surface area contributed by atoms with Crippen LogP contribution in [0.2, 0.25) is 0 Å². The molecule has 4 fully saturated rings. The minimum absolute atomic E-state index is 0.414. The van der Waals surface area contributed by atoms with E-state index in [1.54, 1.807) is 14.9 Å². The Bertz CT molecular complexity index is 746. The van der Waals surface area contributed by atoms with Crippen LogP contribution in [0.25, 0.3) is 0 Å². The Morgan fingerprint density at radius 1 is 0.920 bits per heavy atom. The van der Waals surface area contributed by atoms with Gasteiger partial charge in [-0.05, 0) is 37.5 Å². The molecule has 2 unspecified atom stereocenters. The van der Waals surface area contributed by atoms with Gasteiger partial charge in [-0.2, -0.15) is 17.0 Å². The molecule has 0 radical (unpaired) electrons. The summed E-state index contributed by atoms with van der Waals surface area (Å²) < 4.78 is 28.9. The number of anilines is 1. The lowest BCUT2D eigenvalue weighted by Gasteiger charge is -2.26. The molecule has 25 heavy (non-hydrogen) atoms. The summed E-state index contributed by atoms with van der Waals surface area (Å²) in [6.07, 6.45) is 6.15. The summed E-state index contributed by atoms with van der Waals surface area (Å²) >= 11 is 0. The van der Waals surface area contributed by atoms with Gasteiger partial charge in [0.25, 0.3) is 10.2 Å². The average molecular weight is 363 g/mol. The molecule has 4 heterocycles. The summed E-state index contributed by atoms with van der Waals surface area (Å²) in [5.74, 6) is 2.47. The molecule has 2 atom stereocenters. The summed E-state index contributed by atoms with van der Waals surface area (Å²) in [6, 6.07) is 2.14. The summed E-state index contributed by atoms with van der Waals surface area (Å²) in [5.41, 5.74) is 1.17. The molecule has 1 aromatic rings. The highest BCUT2D eigenvalue weighted by atomic mass is 32.2. The van der Waals surface area contributed by atoms with Crippen molar-refractivity contribution < 1.29 is 8.42 Å². The van der Waals surface area contributed by atoms with E-state index in [1.165, 1.54) is 18.5 Å². The molecule has 0 spiro atoms. The van der Waals surface area contributed by atoms with Crippen LogP contribution in [-0.4, -0.2) is 66.3 Å². The van der Waals surface area contributed by atoms with Crippen LogP contribution in [0.5, 0.6) is 0 Å². The largest absolute Gasteiger partial charge is 0.356 e. The predicted octanol–water partition coefficient (Wildman–Crippen LogP) is 1.06.